The van der Waals surface area contributed by atoms with Crippen LogP contribution in [-0.2, 0) is 10.3 Å². The van der Waals surface area contributed by atoms with E-state index < -0.39 is 60.8 Å². The van der Waals surface area contributed by atoms with Crippen molar-refractivity contribution in [2.75, 3.05) is 12.0 Å². The highest BCUT2D eigenvalue weighted by Gasteiger charge is 2.52. The van der Waals surface area contributed by atoms with Crippen molar-refractivity contribution < 1.29 is 45.0 Å². The number of pyridine rings is 1. The van der Waals surface area contributed by atoms with E-state index in [1.54, 1.807) is 0 Å². The van der Waals surface area contributed by atoms with E-state index in [2.05, 4.69) is 24.8 Å². The van der Waals surface area contributed by atoms with Crippen molar-refractivity contribution in [2.24, 2.45) is 10.7 Å². The number of aliphatic imine (C=N–C) groups is 1. The smallest absolute Gasteiger partial charge is 0.425 e. The van der Waals surface area contributed by atoms with Gasteiger partial charge < -0.3 is 20.5 Å². The summed E-state index contributed by atoms with van der Waals surface area (Å²) in [7, 11) is 0. The average molecular weight is 508 g/mol. The van der Waals surface area contributed by atoms with E-state index in [0.717, 1.165) is 18.3 Å². The standard InChI is InChI=1S/C21H19F7N4O3/c1-9-3-11(31-17(33)16-10(2)4-12(7-30-16)34-18(24)25)5-13(15(9)23)20(8-22)6-14(21(26,27)28)35-19(29)32-20/h3-5,7,14,18H,6,8H2,1-2H3,(H2,29,32)(H,31,33). The Morgan fingerprint density at radius 1 is 1.29 bits per heavy atom. The second-order valence-electron chi connectivity index (χ2n) is 7.79. The molecule has 0 aliphatic carbocycles. The number of carbonyl (C=O) groups is 1. The maximum absolute atomic E-state index is 15.0. The molecular formula is C21H19F7N4O3. The fourth-order valence-electron chi connectivity index (χ4n) is 3.61. The fourth-order valence-corrected chi connectivity index (χ4v) is 3.61. The van der Waals surface area contributed by atoms with Gasteiger partial charge in [-0.1, -0.05) is 0 Å². The maximum Gasteiger partial charge on any atom is 0.425 e. The lowest BCUT2D eigenvalue weighted by molar-refractivity contribution is -0.209. The van der Waals surface area contributed by atoms with Gasteiger partial charge in [0.05, 0.1) is 6.20 Å². The quantitative estimate of drug-likeness (QED) is 0.559. The molecule has 1 aliphatic rings. The van der Waals surface area contributed by atoms with Crippen LogP contribution in [0.15, 0.2) is 29.4 Å². The first-order valence-electron chi connectivity index (χ1n) is 9.94. The molecule has 0 bridgehead atoms. The topological polar surface area (TPSA) is 98.8 Å². The summed E-state index contributed by atoms with van der Waals surface area (Å²) in [6.45, 7) is -1.98. The number of rotatable bonds is 6. The van der Waals surface area contributed by atoms with Crippen LogP contribution < -0.4 is 15.8 Å². The fraction of sp³-hybridized carbons (Fsp3) is 0.381. The van der Waals surface area contributed by atoms with Crippen LogP contribution in [0.4, 0.5) is 36.4 Å². The van der Waals surface area contributed by atoms with E-state index in [1.807, 2.05) is 0 Å². The van der Waals surface area contributed by atoms with Gasteiger partial charge in [-0.25, -0.2) is 18.8 Å². The van der Waals surface area contributed by atoms with Gasteiger partial charge in [-0.15, -0.1) is 0 Å². The molecule has 35 heavy (non-hydrogen) atoms. The van der Waals surface area contributed by atoms with Gasteiger partial charge in [0, 0.05) is 17.7 Å². The van der Waals surface area contributed by atoms with Crippen LogP contribution in [0.2, 0.25) is 0 Å². The van der Waals surface area contributed by atoms with Crippen molar-refractivity contribution in [2.45, 2.75) is 44.7 Å². The van der Waals surface area contributed by atoms with E-state index in [1.165, 1.54) is 19.9 Å². The van der Waals surface area contributed by atoms with Crippen LogP contribution in [0.25, 0.3) is 0 Å². The molecule has 2 heterocycles. The van der Waals surface area contributed by atoms with Crippen molar-refractivity contribution in [3.63, 3.8) is 0 Å². The van der Waals surface area contributed by atoms with Crippen molar-refractivity contribution >= 4 is 17.6 Å². The summed E-state index contributed by atoms with van der Waals surface area (Å²) in [4.78, 5) is 20.1. The van der Waals surface area contributed by atoms with Gasteiger partial charge in [0.1, 0.15) is 29.5 Å². The molecule has 0 spiro atoms. The van der Waals surface area contributed by atoms with Crippen LogP contribution >= 0.6 is 0 Å². The number of alkyl halides is 6. The molecule has 1 aromatic heterocycles. The lowest BCUT2D eigenvalue weighted by atomic mass is 9.83. The average Bonchev–Trinajstić information content (AvgIpc) is 2.74. The molecule has 0 radical (unpaired) electrons. The van der Waals surface area contributed by atoms with E-state index in [4.69, 9.17) is 5.73 Å². The minimum atomic E-state index is -4.93. The van der Waals surface area contributed by atoms with Gasteiger partial charge in [-0.2, -0.15) is 22.0 Å². The van der Waals surface area contributed by atoms with Crippen molar-refractivity contribution in [3.8, 4) is 5.75 Å². The van der Waals surface area contributed by atoms with Crippen LogP contribution in [0.1, 0.15) is 33.6 Å². The van der Waals surface area contributed by atoms with Gasteiger partial charge in [0.2, 0.25) is 0 Å². The van der Waals surface area contributed by atoms with Crippen molar-refractivity contribution in [1.82, 2.24) is 4.98 Å². The molecule has 1 amide bonds. The SMILES string of the molecule is Cc1cc(OC(F)F)cnc1C(=O)Nc1cc(C)c(F)c(C2(CF)CC(C(F)(F)F)OC(N)=N2)c1. The van der Waals surface area contributed by atoms with E-state index in [9.17, 15) is 31.1 Å². The number of halogens is 7. The second kappa shape index (κ2) is 9.58. The zero-order valence-corrected chi connectivity index (χ0v) is 18.2. The summed E-state index contributed by atoms with van der Waals surface area (Å²) in [6.07, 6.45) is -7.66. The molecular weight excluding hydrogens is 489 g/mol. The first-order chi connectivity index (χ1) is 16.3. The van der Waals surface area contributed by atoms with Crippen LogP contribution in [0.3, 0.4) is 0 Å². The number of nitrogens with two attached hydrogens (primary N) is 1. The predicted molar refractivity (Wildman–Crippen MR) is 110 cm³/mol. The Kier molecular flexibility index (Phi) is 7.13. The summed E-state index contributed by atoms with van der Waals surface area (Å²) in [5.41, 5.74) is 2.17. The maximum atomic E-state index is 15.0. The monoisotopic (exact) mass is 508 g/mol. The number of anilines is 1. The molecule has 2 unspecified atom stereocenters. The Morgan fingerprint density at radius 2 is 1.97 bits per heavy atom. The molecule has 0 saturated carbocycles. The number of hydrogen-bond acceptors (Lipinski definition) is 6. The van der Waals surface area contributed by atoms with E-state index >= 15 is 4.39 Å². The lowest BCUT2D eigenvalue weighted by Crippen LogP contribution is -2.48. The highest BCUT2D eigenvalue weighted by Crippen LogP contribution is 2.42. The van der Waals surface area contributed by atoms with Crippen LogP contribution in [-0.4, -0.2) is 42.5 Å². The molecule has 0 saturated heterocycles. The summed E-state index contributed by atoms with van der Waals surface area (Å²) in [6, 6.07) is 2.29. The highest BCUT2D eigenvalue weighted by molar-refractivity contribution is 6.04. The first-order valence-corrected chi connectivity index (χ1v) is 9.94. The van der Waals surface area contributed by atoms with E-state index in [-0.39, 0.29) is 28.3 Å². The normalized spacial score (nSPS) is 20.3. The largest absolute Gasteiger partial charge is 0.452 e. The Hall–Kier alpha value is -3.58. The third kappa shape index (κ3) is 5.57. The Bertz CT molecular complexity index is 1160. The molecule has 2 aromatic rings. The number of benzene rings is 1. The number of ether oxygens (including phenoxy) is 2. The lowest BCUT2D eigenvalue weighted by Gasteiger charge is -2.37. The first kappa shape index (κ1) is 26.0. The Morgan fingerprint density at radius 3 is 2.54 bits per heavy atom. The molecule has 2 atom stereocenters. The molecule has 7 nitrogen and oxygen atoms in total. The summed E-state index contributed by atoms with van der Waals surface area (Å²) in [5.74, 6) is -2.17. The Labute approximate surface area is 194 Å². The Balaban J connectivity index is 1.97. The number of aryl methyl sites for hydroxylation is 2. The second-order valence-corrected chi connectivity index (χ2v) is 7.79. The van der Waals surface area contributed by atoms with E-state index in [0.29, 0.717) is 0 Å². The highest BCUT2D eigenvalue weighted by atomic mass is 19.4. The molecule has 0 fully saturated rings. The number of amides is 1. The summed E-state index contributed by atoms with van der Waals surface area (Å²) < 4.78 is 103. The van der Waals surface area contributed by atoms with Crippen LogP contribution in [0, 0.1) is 19.7 Å². The zero-order valence-electron chi connectivity index (χ0n) is 18.2. The van der Waals surface area contributed by atoms with Gasteiger partial charge in [-0.3, -0.25) is 4.79 Å². The van der Waals surface area contributed by atoms with Crippen molar-refractivity contribution in [1.29, 1.82) is 0 Å². The summed E-state index contributed by atoms with van der Waals surface area (Å²) in [5, 5.41) is 2.39. The number of nitrogens with one attached hydrogen (secondary N) is 1. The van der Waals surface area contributed by atoms with Gasteiger partial charge in [0.25, 0.3) is 11.9 Å². The minimum Gasteiger partial charge on any atom is -0.452 e. The molecule has 3 rings (SSSR count). The predicted octanol–water partition coefficient (Wildman–Crippen LogP) is 4.52. The third-order valence-electron chi connectivity index (χ3n) is 5.20. The van der Waals surface area contributed by atoms with Crippen LogP contribution in [0.5, 0.6) is 5.75 Å². The van der Waals surface area contributed by atoms with Gasteiger partial charge >= 0.3 is 12.8 Å². The van der Waals surface area contributed by atoms with Gasteiger partial charge in [-0.05, 0) is 43.2 Å². The number of hydrogen-bond donors (Lipinski definition) is 2. The molecule has 14 heteroatoms. The molecule has 1 aliphatic heterocycles. The third-order valence-corrected chi connectivity index (χ3v) is 5.20. The summed E-state index contributed by atoms with van der Waals surface area (Å²) >= 11 is 0. The number of amidine groups is 1. The van der Waals surface area contributed by atoms with Gasteiger partial charge in [0.15, 0.2) is 6.10 Å². The number of carbonyl (C=O) groups excluding carboxylic acids is 1. The molecule has 1 aromatic carbocycles. The molecule has 190 valence electrons. The number of nitrogens with zero attached hydrogens (tertiary/aromatic N) is 2. The zero-order chi connectivity index (χ0) is 26.1. The van der Waals surface area contributed by atoms with Crippen molar-refractivity contribution in [3.05, 3.63) is 52.6 Å². The number of aromatic nitrogens is 1. The minimum absolute atomic E-state index is 0.102. The molecule has 3 N–H and O–H groups in total.